The van der Waals surface area contributed by atoms with E-state index in [0.717, 1.165) is 4.90 Å². The van der Waals surface area contributed by atoms with E-state index in [-0.39, 0.29) is 5.91 Å². The van der Waals surface area contributed by atoms with E-state index >= 15 is 0 Å². The topological polar surface area (TPSA) is 59.1 Å². The molecular formula is C24H18ClFN2O4. The second kappa shape index (κ2) is 7.93. The van der Waals surface area contributed by atoms with Crippen LogP contribution < -0.4 is 14.7 Å². The third kappa shape index (κ3) is 3.30. The van der Waals surface area contributed by atoms with E-state index in [9.17, 15) is 14.0 Å². The second-order valence-corrected chi connectivity index (χ2v) is 8.00. The lowest BCUT2D eigenvalue weighted by atomic mass is 9.90. The quantitative estimate of drug-likeness (QED) is 0.544. The summed E-state index contributed by atoms with van der Waals surface area (Å²) in [4.78, 5) is 34.0. The van der Waals surface area contributed by atoms with Crippen molar-refractivity contribution in [1.82, 2.24) is 0 Å². The van der Waals surface area contributed by atoms with Gasteiger partial charge in [0.25, 0.3) is 5.91 Å². The van der Waals surface area contributed by atoms with E-state index in [1.54, 1.807) is 65.7 Å². The fraction of sp³-hybridized carbons (Fsp3) is 0.167. The highest BCUT2D eigenvalue weighted by molar-refractivity contribution is 6.30. The number of nitrogens with zero attached hydrogens (tertiary/aromatic N) is 2. The maximum Gasteiger partial charge on any atom is 0.266 e. The lowest BCUT2D eigenvalue weighted by molar-refractivity contribution is -0.126. The van der Waals surface area contributed by atoms with Gasteiger partial charge < -0.3 is 4.74 Å². The van der Waals surface area contributed by atoms with Crippen molar-refractivity contribution in [3.63, 3.8) is 0 Å². The lowest BCUT2D eigenvalue weighted by Crippen LogP contribution is -2.37. The van der Waals surface area contributed by atoms with Gasteiger partial charge in [-0.05, 0) is 66.2 Å². The zero-order valence-corrected chi connectivity index (χ0v) is 17.7. The number of hydroxylamine groups is 1. The summed E-state index contributed by atoms with van der Waals surface area (Å²) in [6, 6.07) is 18.8. The minimum absolute atomic E-state index is 0.379. The van der Waals surface area contributed by atoms with Gasteiger partial charge in [-0.3, -0.25) is 14.4 Å². The summed E-state index contributed by atoms with van der Waals surface area (Å²) in [6.07, 6.45) is -1.00. The van der Waals surface area contributed by atoms with Crippen molar-refractivity contribution in [3.8, 4) is 5.75 Å². The maximum absolute atomic E-state index is 13.6. The van der Waals surface area contributed by atoms with Crippen LogP contribution in [0, 0.1) is 11.7 Å². The van der Waals surface area contributed by atoms with Crippen LogP contribution in [-0.2, 0) is 14.4 Å². The summed E-state index contributed by atoms with van der Waals surface area (Å²) in [7, 11) is 1.54. The number of carbonyl (C=O) groups excluding carboxylic acids is 2. The minimum atomic E-state index is -1.00. The lowest BCUT2D eigenvalue weighted by Gasteiger charge is -2.28. The average molecular weight is 453 g/mol. The molecule has 32 heavy (non-hydrogen) atoms. The number of carbonyl (C=O) groups is 2. The fourth-order valence-electron chi connectivity index (χ4n) is 4.21. The second-order valence-electron chi connectivity index (χ2n) is 7.56. The number of methoxy groups -OCH3 is 1. The van der Waals surface area contributed by atoms with Crippen molar-refractivity contribution in [3.05, 3.63) is 89.2 Å². The molecule has 2 aliphatic heterocycles. The number of fused-ring (bicyclic) bond motifs is 1. The van der Waals surface area contributed by atoms with Crippen LogP contribution in [0.1, 0.15) is 11.6 Å². The van der Waals surface area contributed by atoms with Crippen LogP contribution in [0.3, 0.4) is 0 Å². The summed E-state index contributed by atoms with van der Waals surface area (Å²) in [5, 5.41) is 2.09. The standard InChI is InChI=1S/C24H18ClFN2O4/c1-31-19-12-10-17(11-13-19)27-23(29)20-21(14-2-6-16(26)7-3-14)28(32-22(20)24(27)30)18-8-4-15(25)5-9-18/h2-13,20-22H,1H3/t20-,21-,22-/m0/s1. The van der Waals surface area contributed by atoms with E-state index in [2.05, 4.69) is 0 Å². The molecule has 0 spiro atoms. The first-order valence-corrected chi connectivity index (χ1v) is 10.3. The van der Waals surface area contributed by atoms with Crippen molar-refractivity contribution in [1.29, 1.82) is 0 Å². The number of amides is 2. The molecule has 0 unspecified atom stereocenters. The van der Waals surface area contributed by atoms with Crippen molar-refractivity contribution >= 4 is 34.8 Å². The molecule has 2 fully saturated rings. The van der Waals surface area contributed by atoms with Gasteiger partial charge in [0.05, 0.1) is 24.5 Å². The Morgan fingerprint density at radius 2 is 1.50 bits per heavy atom. The number of benzene rings is 3. The molecule has 3 aromatic rings. The third-order valence-electron chi connectivity index (χ3n) is 5.74. The molecule has 0 aliphatic carbocycles. The molecule has 0 saturated carbocycles. The van der Waals surface area contributed by atoms with Gasteiger partial charge in [0.1, 0.15) is 17.5 Å². The molecule has 0 N–H and O–H groups in total. The number of halogens is 2. The largest absolute Gasteiger partial charge is 0.497 e. The van der Waals surface area contributed by atoms with Crippen LogP contribution in [0.4, 0.5) is 15.8 Å². The highest BCUT2D eigenvalue weighted by Gasteiger charge is 2.60. The molecule has 162 valence electrons. The highest BCUT2D eigenvalue weighted by Crippen LogP contribution is 2.47. The monoisotopic (exact) mass is 452 g/mol. The Morgan fingerprint density at radius 1 is 0.875 bits per heavy atom. The Morgan fingerprint density at radius 3 is 2.12 bits per heavy atom. The van der Waals surface area contributed by atoms with Crippen molar-refractivity contribution in [2.24, 2.45) is 5.92 Å². The summed E-state index contributed by atoms with van der Waals surface area (Å²) in [6.45, 7) is 0. The molecule has 0 bridgehead atoms. The van der Waals surface area contributed by atoms with Gasteiger partial charge >= 0.3 is 0 Å². The number of rotatable bonds is 4. The van der Waals surface area contributed by atoms with Gasteiger partial charge in [0.2, 0.25) is 5.91 Å². The van der Waals surface area contributed by atoms with Crippen LogP contribution >= 0.6 is 11.6 Å². The van der Waals surface area contributed by atoms with Gasteiger partial charge in [0, 0.05) is 5.02 Å². The molecule has 2 heterocycles. The molecule has 0 aromatic heterocycles. The Hall–Kier alpha value is -3.42. The number of anilines is 2. The van der Waals surface area contributed by atoms with E-state index in [1.165, 1.54) is 19.2 Å². The van der Waals surface area contributed by atoms with E-state index in [0.29, 0.717) is 27.7 Å². The summed E-state index contributed by atoms with van der Waals surface area (Å²) in [5.74, 6) is -1.41. The van der Waals surface area contributed by atoms with E-state index < -0.39 is 29.8 Å². The first-order valence-electron chi connectivity index (χ1n) is 9.97. The van der Waals surface area contributed by atoms with Gasteiger partial charge in [0.15, 0.2) is 6.10 Å². The van der Waals surface area contributed by atoms with Gasteiger partial charge in [-0.1, -0.05) is 23.7 Å². The summed E-state index contributed by atoms with van der Waals surface area (Å²) >= 11 is 6.02. The van der Waals surface area contributed by atoms with Crippen molar-refractivity contribution in [2.45, 2.75) is 12.1 Å². The molecular weight excluding hydrogens is 435 g/mol. The number of ether oxygens (including phenoxy) is 1. The molecule has 8 heteroatoms. The average Bonchev–Trinajstić information content (AvgIpc) is 3.31. The molecule has 2 saturated heterocycles. The highest BCUT2D eigenvalue weighted by atomic mass is 35.5. The van der Waals surface area contributed by atoms with Crippen LogP contribution in [0.15, 0.2) is 72.8 Å². The first kappa shape index (κ1) is 20.5. The molecule has 5 rings (SSSR count). The molecule has 0 radical (unpaired) electrons. The first-order chi connectivity index (χ1) is 15.5. The zero-order chi connectivity index (χ0) is 22.4. The normalized spacial score (nSPS) is 22.4. The van der Waals surface area contributed by atoms with Gasteiger partial charge in [-0.2, -0.15) is 0 Å². The fourth-order valence-corrected chi connectivity index (χ4v) is 4.34. The predicted octanol–water partition coefficient (Wildman–Crippen LogP) is 4.54. The molecule has 3 aromatic carbocycles. The number of hydrogen-bond donors (Lipinski definition) is 0. The van der Waals surface area contributed by atoms with Crippen molar-refractivity contribution < 1.29 is 23.6 Å². The van der Waals surface area contributed by atoms with Crippen LogP contribution in [0.5, 0.6) is 5.75 Å². The van der Waals surface area contributed by atoms with Gasteiger partial charge in [-0.15, -0.1) is 0 Å². The number of hydrogen-bond acceptors (Lipinski definition) is 5. The van der Waals surface area contributed by atoms with Crippen LogP contribution in [-0.4, -0.2) is 25.0 Å². The Balaban J connectivity index is 1.55. The van der Waals surface area contributed by atoms with E-state index in [1.807, 2.05) is 0 Å². The molecule has 2 aliphatic rings. The smallest absolute Gasteiger partial charge is 0.266 e. The van der Waals surface area contributed by atoms with Gasteiger partial charge in [-0.25, -0.2) is 14.4 Å². The Kier molecular flexibility index (Phi) is 5.07. The van der Waals surface area contributed by atoms with Crippen LogP contribution in [0.2, 0.25) is 5.02 Å². The third-order valence-corrected chi connectivity index (χ3v) is 5.99. The Labute approximate surface area is 188 Å². The van der Waals surface area contributed by atoms with Crippen LogP contribution in [0.25, 0.3) is 0 Å². The SMILES string of the molecule is COc1ccc(N2C(=O)[C@@H]3[C@H](ON(c4ccc(Cl)cc4)[C@H]3c3ccc(F)cc3)C2=O)cc1. The summed E-state index contributed by atoms with van der Waals surface area (Å²) in [5.41, 5.74) is 1.73. The Bertz CT molecular complexity index is 1170. The van der Waals surface area contributed by atoms with E-state index in [4.69, 9.17) is 21.2 Å². The summed E-state index contributed by atoms with van der Waals surface area (Å²) < 4.78 is 18.7. The molecule has 6 nitrogen and oxygen atoms in total. The number of imide groups is 1. The minimum Gasteiger partial charge on any atom is -0.497 e. The maximum atomic E-state index is 13.6. The zero-order valence-electron chi connectivity index (χ0n) is 16.9. The molecule has 2 amide bonds. The predicted molar refractivity (Wildman–Crippen MR) is 117 cm³/mol. The van der Waals surface area contributed by atoms with Crippen molar-refractivity contribution in [2.75, 3.05) is 17.1 Å². The molecule has 3 atom stereocenters.